The van der Waals surface area contributed by atoms with E-state index in [1.165, 1.54) is 0 Å². The fourth-order valence-corrected chi connectivity index (χ4v) is 2.34. The fourth-order valence-electron chi connectivity index (χ4n) is 2.16. The molecule has 1 unspecified atom stereocenters. The van der Waals surface area contributed by atoms with Crippen LogP contribution in [0, 0.1) is 5.92 Å². The predicted molar refractivity (Wildman–Crippen MR) is 85.6 cm³/mol. The largest absolute Gasteiger partial charge is 0.472 e. The molecular weight excluding hydrogens is 284 g/mol. The minimum absolute atomic E-state index is 0.0763. The summed E-state index contributed by atoms with van der Waals surface area (Å²) < 4.78 is 5.01. The first-order chi connectivity index (χ1) is 10.1. The van der Waals surface area contributed by atoms with Gasteiger partial charge in [-0.25, -0.2) is 0 Å². The van der Waals surface area contributed by atoms with Crippen molar-refractivity contribution in [1.29, 1.82) is 0 Å². The van der Waals surface area contributed by atoms with Crippen molar-refractivity contribution in [3.05, 3.63) is 60.1 Å². The van der Waals surface area contributed by atoms with Crippen LogP contribution in [0.1, 0.15) is 11.1 Å². The number of carbonyl (C=O) groups is 1. The molecule has 4 nitrogen and oxygen atoms in total. The average Bonchev–Trinajstić information content (AvgIpc) is 2.97. The van der Waals surface area contributed by atoms with Gasteiger partial charge < -0.3 is 15.1 Å². The maximum atomic E-state index is 12.5. The van der Waals surface area contributed by atoms with E-state index in [-0.39, 0.29) is 10.9 Å². The number of thiocarbonyl (C=S) groups is 1. The maximum Gasteiger partial charge on any atom is 0.232 e. The lowest BCUT2D eigenvalue weighted by Gasteiger charge is -2.22. The highest BCUT2D eigenvalue weighted by molar-refractivity contribution is 7.80. The quantitative estimate of drug-likeness (QED) is 0.832. The zero-order chi connectivity index (χ0) is 15.2. The monoisotopic (exact) mass is 302 g/mol. The van der Waals surface area contributed by atoms with E-state index < -0.39 is 5.92 Å². The van der Waals surface area contributed by atoms with E-state index in [0.29, 0.717) is 13.0 Å². The minimum atomic E-state index is -0.487. The van der Waals surface area contributed by atoms with Crippen LogP contribution in [0.4, 0.5) is 0 Å². The molecular formula is C16H18N2O2S. The molecule has 110 valence electrons. The number of furan rings is 1. The van der Waals surface area contributed by atoms with Crippen LogP contribution < -0.4 is 5.73 Å². The zero-order valence-corrected chi connectivity index (χ0v) is 12.7. The van der Waals surface area contributed by atoms with Gasteiger partial charge >= 0.3 is 0 Å². The highest BCUT2D eigenvalue weighted by Gasteiger charge is 2.25. The Morgan fingerprint density at radius 2 is 2.00 bits per heavy atom. The average molecular weight is 302 g/mol. The third-order valence-corrected chi connectivity index (χ3v) is 3.58. The van der Waals surface area contributed by atoms with Gasteiger partial charge in [-0.2, -0.15) is 0 Å². The van der Waals surface area contributed by atoms with Crippen molar-refractivity contribution in [3.8, 4) is 0 Å². The molecule has 0 spiro atoms. The minimum Gasteiger partial charge on any atom is -0.472 e. The lowest BCUT2D eigenvalue weighted by Crippen LogP contribution is -2.40. The molecule has 0 aliphatic carbocycles. The smallest absolute Gasteiger partial charge is 0.232 e. The lowest BCUT2D eigenvalue weighted by molar-refractivity contribution is -0.132. The van der Waals surface area contributed by atoms with Crippen LogP contribution in [-0.2, 0) is 17.8 Å². The molecule has 0 saturated carbocycles. The molecule has 5 heteroatoms. The van der Waals surface area contributed by atoms with Gasteiger partial charge in [0.05, 0.1) is 23.4 Å². The second kappa shape index (κ2) is 7.04. The Morgan fingerprint density at radius 1 is 1.29 bits per heavy atom. The van der Waals surface area contributed by atoms with E-state index in [1.54, 1.807) is 24.5 Å². The van der Waals surface area contributed by atoms with Gasteiger partial charge in [-0.3, -0.25) is 4.79 Å². The van der Waals surface area contributed by atoms with E-state index in [2.05, 4.69) is 0 Å². The number of rotatable bonds is 6. The Morgan fingerprint density at radius 3 is 2.57 bits per heavy atom. The summed E-state index contributed by atoms with van der Waals surface area (Å²) in [6.07, 6.45) is 3.73. The first-order valence-electron chi connectivity index (χ1n) is 6.67. The summed E-state index contributed by atoms with van der Waals surface area (Å²) in [7, 11) is 1.74. The Labute approximate surface area is 129 Å². The second-order valence-electron chi connectivity index (χ2n) is 4.97. The summed E-state index contributed by atoms with van der Waals surface area (Å²) in [5, 5.41) is 0. The van der Waals surface area contributed by atoms with Crippen LogP contribution in [0.2, 0.25) is 0 Å². The van der Waals surface area contributed by atoms with Crippen molar-refractivity contribution in [2.75, 3.05) is 7.05 Å². The third kappa shape index (κ3) is 4.16. The number of hydrogen-bond donors (Lipinski definition) is 1. The third-order valence-electron chi connectivity index (χ3n) is 3.30. The standard InChI is InChI=1S/C16H18N2O2S/c1-18(10-13-7-8-20-11-13)16(19)14(15(17)21)9-12-5-3-2-4-6-12/h2-8,11,14H,9-10H2,1H3,(H2,17,21). The molecule has 0 aliphatic rings. The Kier molecular flexibility index (Phi) is 5.11. The van der Waals surface area contributed by atoms with Crippen molar-refractivity contribution in [2.24, 2.45) is 11.7 Å². The van der Waals surface area contributed by atoms with E-state index in [9.17, 15) is 4.79 Å². The maximum absolute atomic E-state index is 12.5. The van der Waals surface area contributed by atoms with Gasteiger partial charge in [-0.15, -0.1) is 0 Å². The number of amides is 1. The van der Waals surface area contributed by atoms with Gasteiger partial charge in [0.2, 0.25) is 5.91 Å². The molecule has 1 aromatic carbocycles. The lowest BCUT2D eigenvalue weighted by atomic mass is 9.98. The Bertz CT molecular complexity index is 596. The van der Waals surface area contributed by atoms with Crippen LogP contribution in [0.25, 0.3) is 0 Å². The predicted octanol–water partition coefficient (Wildman–Crippen LogP) is 2.38. The van der Waals surface area contributed by atoms with Gasteiger partial charge in [0, 0.05) is 19.2 Å². The molecule has 0 aliphatic heterocycles. The summed E-state index contributed by atoms with van der Waals surface area (Å²) in [6.45, 7) is 0.475. The van der Waals surface area contributed by atoms with Crippen molar-refractivity contribution >= 4 is 23.1 Å². The van der Waals surface area contributed by atoms with Gasteiger partial charge in [0.25, 0.3) is 0 Å². The first-order valence-corrected chi connectivity index (χ1v) is 7.08. The van der Waals surface area contributed by atoms with Crippen LogP contribution in [0.15, 0.2) is 53.3 Å². The molecule has 2 rings (SSSR count). The number of hydrogen-bond acceptors (Lipinski definition) is 3. The molecule has 0 radical (unpaired) electrons. The first kappa shape index (κ1) is 15.3. The molecule has 2 N–H and O–H groups in total. The summed E-state index contributed by atoms with van der Waals surface area (Å²) in [4.78, 5) is 14.4. The summed E-state index contributed by atoms with van der Waals surface area (Å²) in [5.41, 5.74) is 7.74. The van der Waals surface area contributed by atoms with Crippen molar-refractivity contribution in [2.45, 2.75) is 13.0 Å². The zero-order valence-electron chi connectivity index (χ0n) is 11.9. The molecule has 21 heavy (non-hydrogen) atoms. The number of carbonyl (C=O) groups excluding carboxylic acids is 1. The topological polar surface area (TPSA) is 59.5 Å². The molecule has 1 heterocycles. The van der Waals surface area contributed by atoms with Gasteiger partial charge in [-0.1, -0.05) is 42.5 Å². The Hall–Kier alpha value is -2.14. The van der Waals surface area contributed by atoms with E-state index in [0.717, 1.165) is 11.1 Å². The SMILES string of the molecule is CN(Cc1ccoc1)C(=O)C(Cc1ccccc1)C(N)=S. The molecule has 1 atom stereocenters. The summed E-state index contributed by atoms with van der Waals surface area (Å²) in [5.74, 6) is -0.563. The van der Waals surface area contributed by atoms with E-state index >= 15 is 0 Å². The molecule has 0 saturated heterocycles. The van der Waals surface area contributed by atoms with Crippen molar-refractivity contribution in [1.82, 2.24) is 4.90 Å². The van der Waals surface area contributed by atoms with E-state index in [1.807, 2.05) is 36.4 Å². The fraction of sp³-hybridized carbons (Fsp3) is 0.250. The highest BCUT2D eigenvalue weighted by atomic mass is 32.1. The van der Waals surface area contributed by atoms with E-state index in [4.69, 9.17) is 22.4 Å². The van der Waals surface area contributed by atoms with Crippen LogP contribution in [-0.4, -0.2) is 22.8 Å². The Balaban J connectivity index is 2.06. The molecule has 1 aromatic heterocycles. The second-order valence-corrected chi connectivity index (χ2v) is 5.44. The molecule has 1 amide bonds. The molecule has 0 fully saturated rings. The molecule has 2 aromatic rings. The summed E-state index contributed by atoms with van der Waals surface area (Å²) >= 11 is 5.07. The highest BCUT2D eigenvalue weighted by Crippen LogP contribution is 2.14. The van der Waals surface area contributed by atoms with Gasteiger partial charge in [0.1, 0.15) is 0 Å². The number of nitrogens with zero attached hydrogens (tertiary/aromatic N) is 1. The number of nitrogens with two attached hydrogens (primary N) is 1. The molecule has 0 bridgehead atoms. The van der Waals surface area contributed by atoms with Crippen LogP contribution in [0.5, 0.6) is 0 Å². The summed E-state index contributed by atoms with van der Waals surface area (Å²) in [6, 6.07) is 11.6. The number of benzene rings is 1. The van der Waals surface area contributed by atoms with Crippen molar-refractivity contribution in [3.63, 3.8) is 0 Å². The van der Waals surface area contributed by atoms with Crippen LogP contribution >= 0.6 is 12.2 Å². The van der Waals surface area contributed by atoms with Crippen LogP contribution in [0.3, 0.4) is 0 Å². The normalized spacial score (nSPS) is 11.9. The van der Waals surface area contributed by atoms with Crippen molar-refractivity contribution < 1.29 is 9.21 Å². The van der Waals surface area contributed by atoms with Gasteiger partial charge in [-0.05, 0) is 18.1 Å². The van der Waals surface area contributed by atoms with Gasteiger partial charge in [0.15, 0.2) is 0 Å².